The molecule has 1 rings (SSSR count). The van der Waals surface area contributed by atoms with Crippen molar-refractivity contribution in [1.29, 1.82) is 0 Å². The molecule has 0 fully saturated rings. The molecule has 0 heterocycles. The summed E-state index contributed by atoms with van der Waals surface area (Å²) in [7, 11) is 0. The number of benzene rings is 1. The van der Waals surface area contributed by atoms with Gasteiger partial charge in [0, 0.05) is 11.4 Å². The van der Waals surface area contributed by atoms with Crippen LogP contribution in [0.4, 0.5) is 5.69 Å². The summed E-state index contributed by atoms with van der Waals surface area (Å²) >= 11 is 3.22. The van der Waals surface area contributed by atoms with Crippen LogP contribution in [0.15, 0.2) is 16.6 Å². The van der Waals surface area contributed by atoms with E-state index in [1.165, 1.54) is 13.0 Å². The number of aryl methyl sites for hydroxylation is 1. The van der Waals surface area contributed by atoms with Gasteiger partial charge in [0.1, 0.15) is 0 Å². The first-order valence-corrected chi connectivity index (χ1v) is 5.02. The summed E-state index contributed by atoms with van der Waals surface area (Å²) in [6, 6.07) is 3.26. The number of aromatic carboxylic acids is 1. The van der Waals surface area contributed by atoms with E-state index in [9.17, 15) is 9.59 Å². The number of carbonyl (C=O) groups is 2. The van der Waals surface area contributed by atoms with Crippen LogP contribution >= 0.6 is 15.9 Å². The van der Waals surface area contributed by atoms with Gasteiger partial charge in [0.05, 0.1) is 11.3 Å². The predicted octanol–water partition coefficient (Wildman–Crippen LogP) is 2.41. The van der Waals surface area contributed by atoms with E-state index in [4.69, 9.17) is 5.11 Å². The Morgan fingerprint density at radius 1 is 1.40 bits per heavy atom. The number of rotatable bonds is 2. The van der Waals surface area contributed by atoms with Crippen molar-refractivity contribution in [2.45, 2.75) is 13.8 Å². The van der Waals surface area contributed by atoms with Crippen LogP contribution in [0.5, 0.6) is 0 Å². The van der Waals surface area contributed by atoms with Crippen LogP contribution in [0.1, 0.15) is 22.8 Å². The first-order chi connectivity index (χ1) is 6.91. The molecule has 1 amide bonds. The maximum Gasteiger partial charge on any atom is 0.337 e. The van der Waals surface area contributed by atoms with Gasteiger partial charge >= 0.3 is 5.97 Å². The predicted molar refractivity (Wildman–Crippen MR) is 60.1 cm³/mol. The molecule has 0 unspecified atom stereocenters. The smallest absolute Gasteiger partial charge is 0.337 e. The van der Waals surface area contributed by atoms with Gasteiger partial charge in [-0.1, -0.05) is 0 Å². The Bertz CT molecular complexity index is 429. The SMILES string of the molecule is CC(=O)Nc1c(Br)cc(C)cc1C(=O)O. The van der Waals surface area contributed by atoms with Gasteiger partial charge in [0.15, 0.2) is 0 Å². The molecule has 15 heavy (non-hydrogen) atoms. The minimum atomic E-state index is -1.07. The summed E-state index contributed by atoms with van der Waals surface area (Å²) in [5.74, 6) is -1.37. The van der Waals surface area contributed by atoms with Gasteiger partial charge < -0.3 is 10.4 Å². The zero-order valence-corrected chi connectivity index (χ0v) is 9.88. The highest BCUT2D eigenvalue weighted by molar-refractivity contribution is 9.10. The molecule has 80 valence electrons. The number of carboxylic acids is 1. The maximum atomic E-state index is 10.9. The molecule has 0 aromatic heterocycles. The van der Waals surface area contributed by atoms with Crippen molar-refractivity contribution in [1.82, 2.24) is 0 Å². The van der Waals surface area contributed by atoms with Gasteiger partial charge in [-0.15, -0.1) is 0 Å². The fraction of sp³-hybridized carbons (Fsp3) is 0.200. The average molecular weight is 272 g/mol. The Morgan fingerprint density at radius 3 is 2.47 bits per heavy atom. The first-order valence-electron chi connectivity index (χ1n) is 4.23. The molecule has 1 aromatic carbocycles. The molecule has 0 radical (unpaired) electrons. The lowest BCUT2D eigenvalue weighted by Gasteiger charge is -2.10. The normalized spacial score (nSPS) is 9.80. The van der Waals surface area contributed by atoms with Crippen molar-refractivity contribution in [3.05, 3.63) is 27.7 Å². The number of carboxylic acid groups (broad SMARTS) is 1. The number of amides is 1. The highest BCUT2D eigenvalue weighted by Crippen LogP contribution is 2.28. The number of hydrogen-bond donors (Lipinski definition) is 2. The molecule has 0 atom stereocenters. The van der Waals surface area contributed by atoms with Crippen LogP contribution in [-0.4, -0.2) is 17.0 Å². The standard InChI is InChI=1S/C10H10BrNO3/c1-5-3-7(10(14)15)9(8(11)4-5)12-6(2)13/h3-4H,1-2H3,(H,12,13)(H,14,15). The van der Waals surface area contributed by atoms with E-state index >= 15 is 0 Å². The second kappa shape index (κ2) is 4.44. The lowest BCUT2D eigenvalue weighted by atomic mass is 10.1. The molecule has 1 aromatic rings. The van der Waals surface area contributed by atoms with Crippen LogP contribution in [0.3, 0.4) is 0 Å². The van der Waals surface area contributed by atoms with Gasteiger partial charge in [-0.3, -0.25) is 4.79 Å². The van der Waals surface area contributed by atoms with Crippen LogP contribution in [-0.2, 0) is 4.79 Å². The number of anilines is 1. The Morgan fingerprint density at radius 2 is 2.00 bits per heavy atom. The van der Waals surface area contributed by atoms with E-state index < -0.39 is 5.97 Å². The molecule has 5 heteroatoms. The minimum absolute atomic E-state index is 0.0806. The van der Waals surface area contributed by atoms with Crippen molar-refractivity contribution in [3.63, 3.8) is 0 Å². The summed E-state index contributed by atoms with van der Waals surface area (Å²) in [5.41, 5.74) is 1.19. The topological polar surface area (TPSA) is 66.4 Å². The third-order valence-corrected chi connectivity index (χ3v) is 2.39. The fourth-order valence-corrected chi connectivity index (χ4v) is 1.89. The van der Waals surface area contributed by atoms with Crippen molar-refractivity contribution in [2.24, 2.45) is 0 Å². The monoisotopic (exact) mass is 271 g/mol. The quantitative estimate of drug-likeness (QED) is 0.868. The molecule has 0 saturated carbocycles. The highest BCUT2D eigenvalue weighted by Gasteiger charge is 2.14. The van der Waals surface area contributed by atoms with Gasteiger partial charge in [-0.2, -0.15) is 0 Å². The summed E-state index contributed by atoms with van der Waals surface area (Å²) < 4.78 is 0.565. The van der Waals surface area contributed by atoms with Crippen molar-refractivity contribution >= 4 is 33.5 Å². The molecular weight excluding hydrogens is 262 g/mol. The van der Waals surface area contributed by atoms with Crippen molar-refractivity contribution in [3.8, 4) is 0 Å². The maximum absolute atomic E-state index is 10.9. The molecule has 0 aliphatic carbocycles. The highest BCUT2D eigenvalue weighted by atomic mass is 79.9. The molecule has 2 N–H and O–H groups in total. The van der Waals surface area contributed by atoms with Crippen LogP contribution in [0.2, 0.25) is 0 Å². The minimum Gasteiger partial charge on any atom is -0.478 e. The molecule has 4 nitrogen and oxygen atoms in total. The van der Waals surface area contributed by atoms with Gasteiger partial charge in [-0.05, 0) is 40.5 Å². The third-order valence-electron chi connectivity index (χ3n) is 1.77. The molecule has 0 spiro atoms. The zero-order chi connectivity index (χ0) is 11.6. The fourth-order valence-electron chi connectivity index (χ4n) is 1.21. The number of halogens is 1. The summed E-state index contributed by atoms with van der Waals surface area (Å²) in [6.07, 6.45) is 0. The first kappa shape index (κ1) is 11.7. The van der Waals surface area contributed by atoms with E-state index in [0.29, 0.717) is 10.2 Å². The third kappa shape index (κ3) is 2.79. The Hall–Kier alpha value is -1.36. The molecule has 0 saturated heterocycles. The molecular formula is C10H10BrNO3. The van der Waals surface area contributed by atoms with Gasteiger partial charge in [0.25, 0.3) is 0 Å². The largest absolute Gasteiger partial charge is 0.478 e. The van der Waals surface area contributed by atoms with Crippen LogP contribution in [0.25, 0.3) is 0 Å². The summed E-state index contributed by atoms with van der Waals surface area (Å²) in [6.45, 7) is 3.12. The van der Waals surface area contributed by atoms with Crippen molar-refractivity contribution < 1.29 is 14.7 Å². The van der Waals surface area contributed by atoms with Crippen LogP contribution in [0, 0.1) is 6.92 Å². The summed E-state index contributed by atoms with van der Waals surface area (Å²) in [5, 5.41) is 11.4. The summed E-state index contributed by atoms with van der Waals surface area (Å²) in [4.78, 5) is 21.8. The van der Waals surface area contributed by atoms with E-state index in [1.807, 2.05) is 0 Å². The Labute approximate surface area is 95.4 Å². The Balaban J connectivity index is 3.33. The Kier molecular flexibility index (Phi) is 3.47. The second-order valence-corrected chi connectivity index (χ2v) is 4.01. The number of carbonyl (C=O) groups excluding carboxylic acids is 1. The lowest BCUT2D eigenvalue weighted by molar-refractivity contribution is -0.114. The van der Waals surface area contributed by atoms with E-state index in [0.717, 1.165) is 5.56 Å². The molecule has 0 bridgehead atoms. The number of hydrogen-bond acceptors (Lipinski definition) is 2. The van der Waals surface area contributed by atoms with E-state index in [-0.39, 0.29) is 11.5 Å². The van der Waals surface area contributed by atoms with Gasteiger partial charge in [0.2, 0.25) is 5.91 Å². The van der Waals surface area contributed by atoms with E-state index in [2.05, 4.69) is 21.2 Å². The number of nitrogens with one attached hydrogen (secondary N) is 1. The van der Waals surface area contributed by atoms with Crippen LogP contribution < -0.4 is 5.32 Å². The zero-order valence-electron chi connectivity index (χ0n) is 8.30. The second-order valence-electron chi connectivity index (χ2n) is 3.16. The average Bonchev–Trinajstić information content (AvgIpc) is 2.08. The molecule has 0 aliphatic heterocycles. The lowest BCUT2D eigenvalue weighted by Crippen LogP contribution is -2.11. The molecule has 0 aliphatic rings. The van der Waals surface area contributed by atoms with E-state index in [1.54, 1.807) is 13.0 Å². The van der Waals surface area contributed by atoms with Crippen molar-refractivity contribution in [2.75, 3.05) is 5.32 Å². The van der Waals surface area contributed by atoms with Gasteiger partial charge in [-0.25, -0.2) is 4.79 Å².